The van der Waals surface area contributed by atoms with Gasteiger partial charge in [0.1, 0.15) is 25.1 Å². The van der Waals surface area contributed by atoms with Crippen LogP contribution in [-0.2, 0) is 14.3 Å². The molecule has 1 aromatic heterocycles. The lowest BCUT2D eigenvalue weighted by Gasteiger charge is -2.30. The van der Waals surface area contributed by atoms with Crippen molar-refractivity contribution >= 4 is 13.6 Å². The van der Waals surface area contributed by atoms with Gasteiger partial charge in [0.15, 0.2) is 0 Å². The second-order valence-electron chi connectivity index (χ2n) is 8.15. The number of nitrogens with zero attached hydrogens (tertiary/aromatic N) is 1. The Morgan fingerprint density at radius 1 is 1.09 bits per heavy atom. The fraction of sp³-hybridized carbons (Fsp3) is 0.500. The molecule has 2 aliphatic rings. The minimum Gasteiger partial charge on any atom is -0.493 e. The average molecular weight is 446 g/mol. The smallest absolute Gasteiger partial charge is 0.136 e. The molecule has 0 amide bonds. The Bertz CT molecular complexity index is 778. The zero-order valence-corrected chi connectivity index (χ0v) is 19.5. The lowest BCUT2D eigenvalue weighted by atomic mass is 9.87. The number of carbonyl (C=O) groups is 2. The van der Waals surface area contributed by atoms with Crippen LogP contribution in [0, 0.1) is 30.5 Å². The summed E-state index contributed by atoms with van der Waals surface area (Å²) in [5.41, 5.74) is 2.19. The van der Waals surface area contributed by atoms with Crippen LogP contribution in [0.15, 0.2) is 36.5 Å². The summed E-state index contributed by atoms with van der Waals surface area (Å²) in [5.74, 6) is 2.34. The molecule has 5 nitrogen and oxygen atoms in total. The van der Waals surface area contributed by atoms with E-state index in [1.165, 1.54) is 18.9 Å². The van der Waals surface area contributed by atoms with Crippen LogP contribution in [0.2, 0.25) is 0 Å². The van der Waals surface area contributed by atoms with Gasteiger partial charge < -0.3 is 19.1 Å². The summed E-state index contributed by atoms with van der Waals surface area (Å²) in [7, 11) is 0. The molecule has 2 atom stereocenters. The molecule has 2 fully saturated rings. The van der Waals surface area contributed by atoms with E-state index in [1.54, 1.807) is 12.3 Å². The zero-order chi connectivity index (χ0) is 23.9. The van der Waals surface area contributed by atoms with E-state index in [-0.39, 0.29) is 5.82 Å². The summed E-state index contributed by atoms with van der Waals surface area (Å²) < 4.78 is 25.8. The van der Waals surface area contributed by atoms with Crippen LogP contribution in [0.3, 0.4) is 0 Å². The topological polar surface area (TPSA) is 65.5 Å². The van der Waals surface area contributed by atoms with E-state index in [2.05, 4.69) is 18.8 Å². The number of aryl methyl sites for hydroxylation is 1. The molecule has 4 rings (SSSR count). The van der Waals surface area contributed by atoms with Crippen molar-refractivity contribution in [2.24, 2.45) is 17.8 Å². The van der Waals surface area contributed by atoms with Crippen LogP contribution < -0.4 is 4.74 Å². The maximum absolute atomic E-state index is 14.4. The van der Waals surface area contributed by atoms with Gasteiger partial charge in [-0.25, -0.2) is 4.39 Å². The van der Waals surface area contributed by atoms with Crippen LogP contribution in [0.4, 0.5) is 4.39 Å². The van der Waals surface area contributed by atoms with Crippen molar-refractivity contribution in [2.75, 3.05) is 19.8 Å². The number of benzene rings is 1. The summed E-state index contributed by atoms with van der Waals surface area (Å²) in [6.45, 7) is 12.6. The fourth-order valence-corrected chi connectivity index (χ4v) is 3.35. The Labute approximate surface area is 191 Å². The summed E-state index contributed by atoms with van der Waals surface area (Å²) in [4.78, 5) is 20.3. The lowest BCUT2D eigenvalue weighted by molar-refractivity contribution is -0.0987. The first kappa shape index (κ1) is 27.4. The molecule has 1 aliphatic heterocycles. The van der Waals surface area contributed by atoms with Crippen LogP contribution >= 0.6 is 0 Å². The predicted octanol–water partition coefficient (Wildman–Crippen LogP) is 5.68. The number of hydrogen-bond acceptors (Lipinski definition) is 5. The molecule has 1 unspecified atom stereocenters. The second-order valence-corrected chi connectivity index (χ2v) is 8.15. The number of carbonyl (C=O) groups excluding carboxylic acids is 2. The van der Waals surface area contributed by atoms with E-state index in [0.29, 0.717) is 35.4 Å². The molecule has 1 saturated heterocycles. The van der Waals surface area contributed by atoms with Crippen molar-refractivity contribution in [3.05, 3.63) is 47.9 Å². The summed E-state index contributed by atoms with van der Waals surface area (Å²) in [6, 6.07) is 8.75. The number of halogens is 1. The van der Waals surface area contributed by atoms with Gasteiger partial charge in [-0.2, -0.15) is 0 Å². The molecule has 1 aromatic carbocycles. The zero-order valence-electron chi connectivity index (χ0n) is 19.5. The first-order valence-corrected chi connectivity index (χ1v) is 11.1. The third kappa shape index (κ3) is 9.27. The van der Waals surface area contributed by atoms with Gasteiger partial charge in [0.2, 0.25) is 0 Å². The highest BCUT2D eigenvalue weighted by atomic mass is 19.1. The van der Waals surface area contributed by atoms with Gasteiger partial charge in [0, 0.05) is 30.4 Å². The van der Waals surface area contributed by atoms with Crippen molar-refractivity contribution in [3.63, 3.8) is 0 Å². The number of aromatic nitrogens is 1. The minimum absolute atomic E-state index is 0.309. The highest BCUT2D eigenvalue weighted by Crippen LogP contribution is 2.28. The van der Waals surface area contributed by atoms with Crippen LogP contribution in [-0.4, -0.2) is 38.4 Å². The molecular formula is C26H36FNO4. The van der Waals surface area contributed by atoms with Crippen LogP contribution in [0.5, 0.6) is 5.75 Å². The molecule has 2 aromatic rings. The van der Waals surface area contributed by atoms with E-state index in [0.717, 1.165) is 37.5 Å². The average Bonchev–Trinajstić information content (AvgIpc) is 3.63. The van der Waals surface area contributed by atoms with Crippen molar-refractivity contribution in [3.8, 4) is 17.0 Å². The van der Waals surface area contributed by atoms with Gasteiger partial charge in [-0.05, 0) is 48.9 Å². The van der Waals surface area contributed by atoms with Crippen LogP contribution in [0.25, 0.3) is 11.3 Å². The summed E-state index contributed by atoms with van der Waals surface area (Å²) >= 11 is 0. The molecule has 6 heteroatoms. The Kier molecular flexibility index (Phi) is 13.1. The van der Waals surface area contributed by atoms with E-state index in [4.69, 9.17) is 19.1 Å². The molecular weight excluding hydrogens is 409 g/mol. The third-order valence-corrected chi connectivity index (χ3v) is 5.61. The van der Waals surface area contributed by atoms with E-state index in [1.807, 2.05) is 38.7 Å². The first-order valence-electron chi connectivity index (χ1n) is 11.1. The van der Waals surface area contributed by atoms with Gasteiger partial charge in [0.25, 0.3) is 0 Å². The maximum atomic E-state index is 14.4. The third-order valence-electron chi connectivity index (χ3n) is 5.61. The van der Waals surface area contributed by atoms with Gasteiger partial charge in [-0.3, -0.25) is 4.98 Å². The molecule has 0 spiro atoms. The summed E-state index contributed by atoms with van der Waals surface area (Å²) in [6.07, 6.45) is 6.92. The molecule has 1 aliphatic carbocycles. The highest BCUT2D eigenvalue weighted by molar-refractivity contribution is 5.61. The largest absolute Gasteiger partial charge is 0.493 e. The maximum Gasteiger partial charge on any atom is 0.136 e. The van der Waals surface area contributed by atoms with Gasteiger partial charge in [-0.1, -0.05) is 39.2 Å². The minimum atomic E-state index is -0.309. The summed E-state index contributed by atoms with van der Waals surface area (Å²) in [5, 5.41) is 0. The first-order chi connectivity index (χ1) is 15.6. The Balaban J connectivity index is 0.000000554. The van der Waals surface area contributed by atoms with Gasteiger partial charge >= 0.3 is 0 Å². The molecule has 1 saturated carbocycles. The molecule has 32 heavy (non-hydrogen) atoms. The van der Waals surface area contributed by atoms with Crippen molar-refractivity contribution < 1.29 is 23.5 Å². The standard InChI is InChI=1S/C20H24FNO2.C4H8.2CH2O/c1-3-15-8-9-23-12-16(15)13-24-17-5-6-18(19(21)10-17)20-7-4-14(2)11-22-20;1-4-2-3-4;2*1-2/h4-7,10-11,15-16H,3,8-9,12-13H2,1-2H3;4H,2-3H2,1H3;2*1H2/t15?,16-;;;/m1.../s1. The number of pyridine rings is 1. The molecule has 0 bridgehead atoms. The predicted molar refractivity (Wildman–Crippen MR) is 125 cm³/mol. The number of hydrogen-bond donors (Lipinski definition) is 0. The van der Waals surface area contributed by atoms with Crippen molar-refractivity contribution in [2.45, 2.75) is 46.5 Å². The highest BCUT2D eigenvalue weighted by Gasteiger charge is 2.25. The normalized spacial score (nSPS) is 19.1. The molecule has 0 radical (unpaired) electrons. The van der Waals surface area contributed by atoms with E-state index < -0.39 is 0 Å². The monoisotopic (exact) mass is 445 g/mol. The Morgan fingerprint density at radius 2 is 1.78 bits per heavy atom. The molecule has 176 valence electrons. The second kappa shape index (κ2) is 15.2. The van der Waals surface area contributed by atoms with E-state index >= 15 is 0 Å². The Hall–Kier alpha value is -2.60. The number of ether oxygens (including phenoxy) is 2. The van der Waals surface area contributed by atoms with E-state index in [9.17, 15) is 4.39 Å². The SMILES string of the molecule is C=O.C=O.CC1CC1.CCC1CCOC[C@@H]1COc1ccc(-c2ccc(C)cn2)c(F)c1. The van der Waals surface area contributed by atoms with Gasteiger partial charge in [-0.15, -0.1) is 0 Å². The quantitative estimate of drug-likeness (QED) is 0.592. The van der Waals surface area contributed by atoms with Gasteiger partial charge in [0.05, 0.1) is 18.9 Å². The fourth-order valence-electron chi connectivity index (χ4n) is 3.35. The number of rotatable bonds is 5. The molecule has 2 heterocycles. The lowest BCUT2D eigenvalue weighted by Crippen LogP contribution is -2.31. The van der Waals surface area contributed by atoms with Crippen molar-refractivity contribution in [1.29, 1.82) is 0 Å². The van der Waals surface area contributed by atoms with Crippen molar-refractivity contribution in [1.82, 2.24) is 4.98 Å². The Morgan fingerprint density at radius 3 is 2.31 bits per heavy atom. The van der Waals surface area contributed by atoms with Crippen LogP contribution in [0.1, 0.15) is 45.1 Å². The molecule has 0 N–H and O–H groups in total.